The molecule has 0 unspecified atom stereocenters. The molecule has 8 nitrogen and oxygen atoms in total. The van der Waals surface area contributed by atoms with Crippen LogP contribution >= 0.6 is 11.8 Å². The van der Waals surface area contributed by atoms with E-state index in [1.807, 2.05) is 98.1 Å². The number of hydrogen-bond acceptors (Lipinski definition) is 5. The van der Waals surface area contributed by atoms with E-state index in [4.69, 9.17) is 9.84 Å². The minimum Gasteiger partial charge on any atom is -0.497 e. The average molecular weight is 516 g/mol. The molecule has 0 aliphatic heterocycles. The van der Waals surface area contributed by atoms with Crippen molar-refractivity contribution < 1.29 is 14.3 Å². The third-order valence-electron chi connectivity index (χ3n) is 5.71. The zero-order valence-corrected chi connectivity index (χ0v) is 21.8. The van der Waals surface area contributed by atoms with E-state index in [1.54, 1.807) is 23.6 Å². The molecule has 0 aliphatic rings. The molecule has 0 spiro atoms. The molecular formula is C28H29N5O3S. The molecule has 190 valence electrons. The molecule has 0 radical (unpaired) electrons. The normalized spacial score (nSPS) is 10.6. The van der Waals surface area contributed by atoms with Crippen LogP contribution in [0.25, 0.3) is 16.9 Å². The van der Waals surface area contributed by atoms with Gasteiger partial charge in [-0.1, -0.05) is 30.3 Å². The molecule has 9 heteroatoms. The predicted molar refractivity (Wildman–Crippen MR) is 149 cm³/mol. The number of methoxy groups -OCH3 is 1. The molecule has 0 aliphatic carbocycles. The lowest BCUT2D eigenvalue weighted by Crippen LogP contribution is -2.40. The number of rotatable bonds is 9. The fourth-order valence-corrected chi connectivity index (χ4v) is 4.11. The Kier molecular flexibility index (Phi) is 8.48. The van der Waals surface area contributed by atoms with Gasteiger partial charge >= 0.3 is 6.03 Å². The highest BCUT2D eigenvalue weighted by Crippen LogP contribution is 2.26. The van der Waals surface area contributed by atoms with Crippen molar-refractivity contribution in [3.63, 3.8) is 0 Å². The Bertz CT molecular complexity index is 1340. The van der Waals surface area contributed by atoms with Crippen LogP contribution in [0.4, 0.5) is 16.3 Å². The summed E-state index contributed by atoms with van der Waals surface area (Å²) in [6.45, 7) is 2.09. The molecule has 4 aromatic rings. The highest BCUT2D eigenvalue weighted by Gasteiger charge is 2.19. The van der Waals surface area contributed by atoms with E-state index in [-0.39, 0.29) is 18.5 Å². The number of nitrogens with one attached hydrogen (secondary N) is 2. The Hall–Kier alpha value is -4.24. The van der Waals surface area contributed by atoms with Gasteiger partial charge in [-0.15, -0.1) is 11.8 Å². The number of carbonyl (C=O) groups excluding carboxylic acids is 2. The molecule has 2 N–H and O–H groups in total. The lowest BCUT2D eigenvalue weighted by molar-refractivity contribution is -0.116. The molecule has 37 heavy (non-hydrogen) atoms. The lowest BCUT2D eigenvalue weighted by Gasteiger charge is -2.21. The fourth-order valence-electron chi connectivity index (χ4n) is 3.70. The summed E-state index contributed by atoms with van der Waals surface area (Å²) < 4.78 is 6.93. The van der Waals surface area contributed by atoms with E-state index in [0.29, 0.717) is 23.7 Å². The zero-order chi connectivity index (χ0) is 26.2. The number of amides is 3. The second-order valence-corrected chi connectivity index (χ2v) is 8.99. The Balaban J connectivity index is 1.52. The van der Waals surface area contributed by atoms with Crippen LogP contribution in [-0.4, -0.2) is 53.1 Å². The molecular weight excluding hydrogens is 486 g/mol. The quantitative estimate of drug-likeness (QED) is 0.277. The first kappa shape index (κ1) is 25.8. The number of thioether (sulfide) groups is 1. The van der Waals surface area contributed by atoms with Crippen LogP contribution in [0.3, 0.4) is 0 Å². The van der Waals surface area contributed by atoms with Gasteiger partial charge in [0.2, 0.25) is 5.91 Å². The van der Waals surface area contributed by atoms with E-state index in [2.05, 4.69) is 10.6 Å². The number of hydrogen-bond donors (Lipinski definition) is 2. The van der Waals surface area contributed by atoms with Crippen molar-refractivity contribution in [2.45, 2.75) is 11.8 Å². The number of carbonyl (C=O) groups is 2. The predicted octanol–water partition coefficient (Wildman–Crippen LogP) is 5.76. The van der Waals surface area contributed by atoms with E-state index >= 15 is 0 Å². The summed E-state index contributed by atoms with van der Waals surface area (Å²) in [4.78, 5) is 28.4. The van der Waals surface area contributed by atoms with Crippen LogP contribution in [-0.2, 0) is 4.79 Å². The average Bonchev–Trinajstić information content (AvgIpc) is 3.36. The molecule has 3 amide bonds. The summed E-state index contributed by atoms with van der Waals surface area (Å²) in [6.07, 6.45) is 1.99. The summed E-state index contributed by atoms with van der Waals surface area (Å²) in [5, 5.41) is 10.5. The molecule has 3 aromatic carbocycles. The van der Waals surface area contributed by atoms with Gasteiger partial charge in [0.15, 0.2) is 0 Å². The standard InChI is InChI=1S/C28H29N5O3S/c1-4-32(28(35)29-21-10-16-24(37-3)17-11-21)19-27(34)30-26-18-25(20-8-6-5-7-9-20)31-33(26)22-12-14-23(36-2)15-13-22/h5-18H,4,19H2,1-3H3,(H,29,35)(H,30,34). The maximum absolute atomic E-state index is 13.1. The third-order valence-corrected chi connectivity index (χ3v) is 6.45. The second kappa shape index (κ2) is 12.1. The van der Waals surface area contributed by atoms with Crippen LogP contribution in [0.15, 0.2) is 89.8 Å². The van der Waals surface area contributed by atoms with E-state index < -0.39 is 0 Å². The molecule has 0 saturated heterocycles. The van der Waals surface area contributed by atoms with Crippen molar-refractivity contribution in [3.05, 3.63) is 84.9 Å². The molecule has 0 fully saturated rings. The molecule has 0 atom stereocenters. The summed E-state index contributed by atoms with van der Waals surface area (Å²) >= 11 is 1.63. The summed E-state index contributed by atoms with van der Waals surface area (Å²) in [5.74, 6) is 0.889. The van der Waals surface area contributed by atoms with Gasteiger partial charge in [-0.3, -0.25) is 4.79 Å². The molecule has 4 rings (SSSR count). The van der Waals surface area contributed by atoms with Gasteiger partial charge in [-0.2, -0.15) is 5.10 Å². The van der Waals surface area contributed by atoms with Crippen LogP contribution < -0.4 is 15.4 Å². The highest BCUT2D eigenvalue weighted by atomic mass is 32.2. The second-order valence-electron chi connectivity index (χ2n) is 8.11. The Labute approximate surface area is 220 Å². The Morgan fingerprint density at radius 1 is 0.973 bits per heavy atom. The number of anilines is 2. The number of ether oxygens (including phenoxy) is 1. The van der Waals surface area contributed by atoms with Crippen molar-refractivity contribution in [3.8, 4) is 22.7 Å². The molecule has 0 bridgehead atoms. The maximum Gasteiger partial charge on any atom is 0.322 e. The molecule has 1 heterocycles. The first-order chi connectivity index (χ1) is 18.0. The van der Waals surface area contributed by atoms with Crippen LogP contribution in [0, 0.1) is 0 Å². The Morgan fingerprint density at radius 2 is 1.68 bits per heavy atom. The smallest absolute Gasteiger partial charge is 0.322 e. The lowest BCUT2D eigenvalue weighted by atomic mass is 10.1. The SMILES string of the molecule is CCN(CC(=O)Nc1cc(-c2ccccc2)nn1-c1ccc(OC)cc1)C(=O)Nc1ccc(SC)cc1. The van der Waals surface area contributed by atoms with Gasteiger partial charge in [0.05, 0.1) is 18.5 Å². The van der Waals surface area contributed by atoms with Crippen molar-refractivity contribution in [2.75, 3.05) is 37.1 Å². The number of aromatic nitrogens is 2. The summed E-state index contributed by atoms with van der Waals surface area (Å²) in [5.41, 5.74) is 3.07. The Morgan fingerprint density at radius 3 is 2.30 bits per heavy atom. The zero-order valence-electron chi connectivity index (χ0n) is 21.0. The third kappa shape index (κ3) is 6.50. The van der Waals surface area contributed by atoms with Crippen molar-refractivity contribution in [1.29, 1.82) is 0 Å². The number of urea groups is 1. The van der Waals surface area contributed by atoms with Gasteiger partial charge in [0, 0.05) is 28.8 Å². The van der Waals surface area contributed by atoms with Gasteiger partial charge in [0.1, 0.15) is 18.1 Å². The molecule has 1 aromatic heterocycles. The topological polar surface area (TPSA) is 88.5 Å². The first-order valence-electron chi connectivity index (χ1n) is 11.8. The van der Waals surface area contributed by atoms with Crippen molar-refractivity contribution in [2.24, 2.45) is 0 Å². The van der Waals surface area contributed by atoms with Crippen molar-refractivity contribution >= 4 is 35.2 Å². The van der Waals surface area contributed by atoms with Gasteiger partial charge in [-0.25, -0.2) is 9.48 Å². The van der Waals surface area contributed by atoms with Crippen LogP contribution in [0.2, 0.25) is 0 Å². The maximum atomic E-state index is 13.1. The minimum atomic E-state index is -0.344. The summed E-state index contributed by atoms with van der Waals surface area (Å²) in [6, 6.07) is 26.2. The van der Waals surface area contributed by atoms with Gasteiger partial charge in [-0.05, 0) is 61.7 Å². The van der Waals surface area contributed by atoms with Crippen molar-refractivity contribution in [1.82, 2.24) is 14.7 Å². The number of nitrogens with zero attached hydrogens (tertiary/aromatic N) is 3. The molecule has 0 saturated carbocycles. The fraction of sp³-hybridized carbons (Fsp3) is 0.179. The highest BCUT2D eigenvalue weighted by molar-refractivity contribution is 7.98. The van der Waals surface area contributed by atoms with E-state index in [9.17, 15) is 9.59 Å². The van der Waals surface area contributed by atoms with E-state index in [0.717, 1.165) is 21.9 Å². The van der Waals surface area contributed by atoms with Gasteiger partial charge < -0.3 is 20.3 Å². The van der Waals surface area contributed by atoms with Gasteiger partial charge in [0.25, 0.3) is 0 Å². The van der Waals surface area contributed by atoms with E-state index in [1.165, 1.54) is 4.90 Å². The van der Waals surface area contributed by atoms with Crippen LogP contribution in [0.1, 0.15) is 6.92 Å². The first-order valence-corrected chi connectivity index (χ1v) is 13.0. The largest absolute Gasteiger partial charge is 0.497 e. The summed E-state index contributed by atoms with van der Waals surface area (Å²) in [7, 11) is 1.61. The number of likely N-dealkylation sites (N-methyl/N-ethyl adjacent to an activating group) is 1. The number of benzene rings is 3. The van der Waals surface area contributed by atoms with Crippen LogP contribution in [0.5, 0.6) is 5.75 Å². The monoisotopic (exact) mass is 515 g/mol. The minimum absolute atomic E-state index is 0.111.